The van der Waals surface area contributed by atoms with Gasteiger partial charge in [-0.1, -0.05) is 11.8 Å². The number of nitrogens with zero attached hydrogens (tertiary/aromatic N) is 1. The number of methoxy groups -OCH3 is 2. The van der Waals surface area contributed by atoms with Gasteiger partial charge in [-0.15, -0.1) is 0 Å². The van der Waals surface area contributed by atoms with Crippen LogP contribution in [0.4, 0.5) is 11.5 Å². The second-order valence-electron chi connectivity index (χ2n) is 5.09. The van der Waals surface area contributed by atoms with Crippen molar-refractivity contribution >= 4 is 41.1 Å². The molecule has 27 heavy (non-hydrogen) atoms. The molecule has 142 valence electrons. The lowest BCUT2D eigenvalue weighted by atomic mass is 10.1. The molecular formula is C16H16N4O6S. The Labute approximate surface area is 157 Å². The Balaban J connectivity index is 2.14. The number of rotatable bonds is 6. The number of thioether (sulfide) groups is 1. The van der Waals surface area contributed by atoms with Crippen LogP contribution in [-0.2, 0) is 14.3 Å². The van der Waals surface area contributed by atoms with Crippen LogP contribution in [0.15, 0.2) is 34.2 Å². The van der Waals surface area contributed by atoms with Crippen LogP contribution in [-0.4, -0.2) is 47.8 Å². The molecule has 0 unspecified atom stereocenters. The number of carbonyl (C=O) groups excluding carboxylic acids is 3. The summed E-state index contributed by atoms with van der Waals surface area (Å²) in [4.78, 5) is 53.3. The van der Waals surface area contributed by atoms with Gasteiger partial charge in [-0.25, -0.2) is 14.6 Å². The summed E-state index contributed by atoms with van der Waals surface area (Å²) in [7, 11) is 2.39. The average molecular weight is 392 g/mol. The van der Waals surface area contributed by atoms with E-state index in [1.165, 1.54) is 32.4 Å². The van der Waals surface area contributed by atoms with Gasteiger partial charge in [0.15, 0.2) is 5.16 Å². The van der Waals surface area contributed by atoms with Crippen molar-refractivity contribution in [3.05, 3.63) is 45.7 Å². The van der Waals surface area contributed by atoms with E-state index in [9.17, 15) is 19.2 Å². The number of aromatic nitrogens is 2. The van der Waals surface area contributed by atoms with Gasteiger partial charge < -0.3 is 25.5 Å². The van der Waals surface area contributed by atoms with Crippen molar-refractivity contribution in [2.45, 2.75) is 5.16 Å². The first-order valence-corrected chi connectivity index (χ1v) is 8.42. The van der Waals surface area contributed by atoms with Crippen molar-refractivity contribution in [1.29, 1.82) is 0 Å². The van der Waals surface area contributed by atoms with Crippen LogP contribution in [0.2, 0.25) is 0 Å². The molecule has 2 rings (SSSR count). The highest BCUT2D eigenvalue weighted by Gasteiger charge is 2.15. The summed E-state index contributed by atoms with van der Waals surface area (Å²) in [6.07, 6.45) is 0. The highest BCUT2D eigenvalue weighted by atomic mass is 32.2. The van der Waals surface area contributed by atoms with Crippen molar-refractivity contribution < 1.29 is 23.9 Å². The predicted octanol–water partition coefficient (Wildman–Crippen LogP) is 0.656. The number of aromatic amines is 1. The summed E-state index contributed by atoms with van der Waals surface area (Å²) < 4.78 is 9.26. The number of nitrogens with one attached hydrogen (secondary N) is 2. The van der Waals surface area contributed by atoms with Gasteiger partial charge in [-0.05, 0) is 18.2 Å². The van der Waals surface area contributed by atoms with E-state index in [0.717, 1.165) is 17.8 Å². The Bertz CT molecular complexity index is 908. The van der Waals surface area contributed by atoms with Crippen LogP contribution in [0.1, 0.15) is 20.7 Å². The fourth-order valence-electron chi connectivity index (χ4n) is 2.02. The molecule has 0 aliphatic carbocycles. The third-order valence-corrected chi connectivity index (χ3v) is 4.01. The minimum atomic E-state index is -0.674. The number of anilines is 2. The summed E-state index contributed by atoms with van der Waals surface area (Å²) in [5.41, 5.74) is 5.40. The predicted molar refractivity (Wildman–Crippen MR) is 97.7 cm³/mol. The monoisotopic (exact) mass is 392 g/mol. The number of esters is 2. The third kappa shape index (κ3) is 5.57. The molecule has 1 aromatic carbocycles. The summed E-state index contributed by atoms with van der Waals surface area (Å²) in [6.45, 7) is 0. The van der Waals surface area contributed by atoms with Crippen molar-refractivity contribution in [2.24, 2.45) is 0 Å². The van der Waals surface area contributed by atoms with Gasteiger partial charge in [-0.2, -0.15) is 0 Å². The number of benzene rings is 1. The molecule has 1 aromatic heterocycles. The molecule has 4 N–H and O–H groups in total. The van der Waals surface area contributed by atoms with E-state index in [0.29, 0.717) is 0 Å². The molecule has 0 bridgehead atoms. The maximum absolute atomic E-state index is 12.1. The molecule has 2 aromatic rings. The Kier molecular flexibility index (Phi) is 6.55. The molecule has 0 fully saturated rings. The molecule has 10 nitrogen and oxygen atoms in total. The largest absolute Gasteiger partial charge is 0.465 e. The molecule has 0 aliphatic heterocycles. The number of nitrogen functional groups attached to an aromatic ring is 1. The molecule has 0 spiro atoms. The van der Waals surface area contributed by atoms with E-state index in [1.54, 1.807) is 0 Å². The highest BCUT2D eigenvalue weighted by molar-refractivity contribution is 7.99. The first-order chi connectivity index (χ1) is 12.8. The molecule has 1 heterocycles. The normalized spacial score (nSPS) is 10.1. The van der Waals surface area contributed by atoms with Crippen LogP contribution in [0.25, 0.3) is 0 Å². The van der Waals surface area contributed by atoms with Crippen LogP contribution >= 0.6 is 11.8 Å². The van der Waals surface area contributed by atoms with Gasteiger partial charge >= 0.3 is 11.9 Å². The lowest BCUT2D eigenvalue weighted by Gasteiger charge is -2.09. The van der Waals surface area contributed by atoms with E-state index >= 15 is 0 Å². The maximum Gasteiger partial charge on any atom is 0.337 e. The summed E-state index contributed by atoms with van der Waals surface area (Å²) in [5, 5.41) is 2.74. The lowest BCUT2D eigenvalue weighted by molar-refractivity contribution is -0.113. The van der Waals surface area contributed by atoms with Gasteiger partial charge in [-0.3, -0.25) is 9.59 Å². The van der Waals surface area contributed by atoms with E-state index in [4.69, 9.17) is 5.73 Å². The van der Waals surface area contributed by atoms with Gasteiger partial charge in [0.05, 0.1) is 31.1 Å². The number of amides is 1. The van der Waals surface area contributed by atoms with E-state index in [-0.39, 0.29) is 33.5 Å². The molecule has 0 saturated heterocycles. The molecule has 0 saturated carbocycles. The maximum atomic E-state index is 12.1. The Hall–Kier alpha value is -3.34. The van der Waals surface area contributed by atoms with Crippen molar-refractivity contribution in [3.8, 4) is 0 Å². The van der Waals surface area contributed by atoms with Gasteiger partial charge in [0.1, 0.15) is 5.82 Å². The highest BCUT2D eigenvalue weighted by Crippen LogP contribution is 2.18. The SMILES string of the molecule is COC(=O)c1cc(NC(=O)CSc2nc(N)cc(=O)[nH]2)cc(C(=O)OC)c1. The van der Waals surface area contributed by atoms with Gasteiger partial charge in [0.25, 0.3) is 5.56 Å². The van der Waals surface area contributed by atoms with E-state index < -0.39 is 23.4 Å². The summed E-state index contributed by atoms with van der Waals surface area (Å²) in [5.74, 6) is -1.86. The Morgan fingerprint density at radius 2 is 1.70 bits per heavy atom. The topological polar surface area (TPSA) is 153 Å². The van der Waals surface area contributed by atoms with E-state index in [1.807, 2.05) is 0 Å². The molecule has 0 radical (unpaired) electrons. The molecular weight excluding hydrogens is 376 g/mol. The molecule has 11 heteroatoms. The number of ether oxygens (including phenoxy) is 2. The average Bonchev–Trinajstić information content (AvgIpc) is 2.64. The zero-order valence-corrected chi connectivity index (χ0v) is 15.2. The summed E-state index contributed by atoms with van der Waals surface area (Å²) >= 11 is 0.964. The molecule has 1 amide bonds. The summed E-state index contributed by atoms with van der Waals surface area (Å²) in [6, 6.07) is 5.14. The number of hydrogen-bond acceptors (Lipinski definition) is 9. The fourth-order valence-corrected chi connectivity index (χ4v) is 2.71. The van der Waals surface area contributed by atoms with Crippen LogP contribution in [0.5, 0.6) is 0 Å². The third-order valence-electron chi connectivity index (χ3n) is 3.14. The molecule has 0 atom stereocenters. The van der Waals surface area contributed by atoms with Crippen LogP contribution in [0.3, 0.4) is 0 Å². The van der Waals surface area contributed by atoms with Gasteiger partial charge in [0.2, 0.25) is 5.91 Å². The zero-order chi connectivity index (χ0) is 20.0. The molecule has 0 aliphatic rings. The van der Waals surface area contributed by atoms with Crippen LogP contribution < -0.4 is 16.6 Å². The minimum absolute atomic E-state index is 0.0372. The Morgan fingerprint density at radius 3 is 2.22 bits per heavy atom. The zero-order valence-electron chi connectivity index (χ0n) is 14.4. The second kappa shape index (κ2) is 8.85. The van der Waals surface area contributed by atoms with Crippen molar-refractivity contribution in [2.75, 3.05) is 31.0 Å². The Morgan fingerprint density at radius 1 is 1.11 bits per heavy atom. The number of hydrogen-bond donors (Lipinski definition) is 3. The smallest absolute Gasteiger partial charge is 0.337 e. The first kappa shape index (κ1) is 20.0. The van der Waals surface area contributed by atoms with Crippen molar-refractivity contribution in [3.63, 3.8) is 0 Å². The van der Waals surface area contributed by atoms with Gasteiger partial charge in [0, 0.05) is 11.8 Å². The van der Waals surface area contributed by atoms with Crippen LogP contribution in [0, 0.1) is 0 Å². The first-order valence-electron chi connectivity index (χ1n) is 7.43. The lowest BCUT2D eigenvalue weighted by Crippen LogP contribution is -2.17. The fraction of sp³-hybridized carbons (Fsp3) is 0.188. The number of H-pyrrole nitrogens is 1. The number of nitrogens with two attached hydrogens (primary N) is 1. The standard InChI is InChI=1S/C16H16N4O6S/c1-25-14(23)8-3-9(15(24)26-2)5-10(4-8)18-13(22)7-27-16-19-11(17)6-12(21)20-16/h3-6H,7H2,1-2H3,(H,18,22)(H3,17,19,20,21). The number of carbonyl (C=O) groups is 3. The quantitative estimate of drug-likeness (QED) is 0.365. The minimum Gasteiger partial charge on any atom is -0.465 e. The second-order valence-corrected chi connectivity index (χ2v) is 6.06. The van der Waals surface area contributed by atoms with Crippen molar-refractivity contribution in [1.82, 2.24) is 9.97 Å². The van der Waals surface area contributed by atoms with E-state index in [2.05, 4.69) is 24.8 Å².